The van der Waals surface area contributed by atoms with Crippen LogP contribution in [0, 0.1) is 0 Å². The lowest BCUT2D eigenvalue weighted by atomic mass is 10.1. The molecule has 0 amide bonds. The molecule has 0 saturated carbocycles. The number of nitrogens with one attached hydrogen (secondary N) is 1. The summed E-state index contributed by atoms with van der Waals surface area (Å²) in [5.41, 5.74) is 8.09. The fourth-order valence-electron chi connectivity index (χ4n) is 3.90. The first-order valence-electron chi connectivity index (χ1n) is 9.26. The number of imidazole rings is 1. The Labute approximate surface area is 153 Å². The van der Waals surface area contributed by atoms with Gasteiger partial charge in [-0.05, 0) is 55.9 Å². The highest BCUT2D eigenvalue weighted by atomic mass is 15.2. The van der Waals surface area contributed by atoms with Crippen LogP contribution in [0.4, 0.5) is 11.4 Å². The maximum Gasteiger partial charge on any atom is 0.138 e. The Hall–Kier alpha value is -2.66. The summed E-state index contributed by atoms with van der Waals surface area (Å²) in [6.45, 7) is 6.47. The van der Waals surface area contributed by atoms with Gasteiger partial charge in [-0.25, -0.2) is 4.98 Å². The summed E-state index contributed by atoms with van der Waals surface area (Å²) in [6.07, 6.45) is 0.941. The Morgan fingerprint density at radius 1 is 1.00 bits per heavy atom. The fourth-order valence-corrected chi connectivity index (χ4v) is 3.90. The van der Waals surface area contributed by atoms with E-state index in [9.17, 15) is 0 Å². The standard InChI is InChI=1S/C21H23N5/c1-14-11-16-12-15(3-5-18(16)22-14)21-23-19-6-4-17(13-20(19)24-21)26-9-7-25(2)8-10-26/h3-6,12-13H,7-11H2,1-2H3,(H,23,24). The maximum absolute atomic E-state index is 4.81. The topological polar surface area (TPSA) is 47.5 Å². The molecule has 2 aliphatic heterocycles. The molecule has 3 aromatic rings. The zero-order valence-corrected chi connectivity index (χ0v) is 15.3. The molecule has 1 aromatic heterocycles. The highest BCUT2D eigenvalue weighted by molar-refractivity contribution is 5.93. The number of hydrogen-bond acceptors (Lipinski definition) is 4. The number of likely N-dealkylation sites (N-methyl/N-ethyl adjacent to an activating group) is 1. The zero-order chi connectivity index (χ0) is 17.7. The SMILES string of the molecule is CC1=Nc2ccc(-c3nc4ccc(N5CCN(C)CC5)cc4[nH]3)cc2C1. The number of aromatic nitrogens is 2. The molecule has 1 N–H and O–H groups in total. The summed E-state index contributed by atoms with van der Waals surface area (Å²) < 4.78 is 0. The third-order valence-electron chi connectivity index (χ3n) is 5.44. The molecular formula is C21H23N5. The van der Waals surface area contributed by atoms with Gasteiger partial charge in [-0.2, -0.15) is 0 Å². The van der Waals surface area contributed by atoms with Crippen molar-refractivity contribution in [2.75, 3.05) is 38.1 Å². The van der Waals surface area contributed by atoms with E-state index in [-0.39, 0.29) is 0 Å². The van der Waals surface area contributed by atoms with Crippen LogP contribution < -0.4 is 4.90 Å². The molecule has 0 bridgehead atoms. The number of benzene rings is 2. The van der Waals surface area contributed by atoms with Crippen LogP contribution in [0.25, 0.3) is 22.4 Å². The predicted molar refractivity (Wildman–Crippen MR) is 108 cm³/mol. The van der Waals surface area contributed by atoms with E-state index in [1.165, 1.54) is 17.0 Å². The van der Waals surface area contributed by atoms with E-state index >= 15 is 0 Å². The van der Waals surface area contributed by atoms with Gasteiger partial charge in [0.15, 0.2) is 0 Å². The summed E-state index contributed by atoms with van der Waals surface area (Å²) >= 11 is 0. The minimum Gasteiger partial charge on any atom is -0.369 e. The molecule has 3 heterocycles. The summed E-state index contributed by atoms with van der Waals surface area (Å²) in [4.78, 5) is 17.7. The molecular weight excluding hydrogens is 322 g/mol. The van der Waals surface area contributed by atoms with Crippen molar-refractivity contribution < 1.29 is 0 Å². The van der Waals surface area contributed by atoms with Crippen LogP contribution in [0.1, 0.15) is 12.5 Å². The van der Waals surface area contributed by atoms with E-state index in [4.69, 9.17) is 4.98 Å². The first-order valence-corrected chi connectivity index (χ1v) is 9.26. The number of rotatable bonds is 2. The number of anilines is 1. The van der Waals surface area contributed by atoms with Gasteiger partial charge in [0, 0.05) is 49.6 Å². The average molecular weight is 345 g/mol. The van der Waals surface area contributed by atoms with Crippen LogP contribution in [0.3, 0.4) is 0 Å². The molecule has 26 heavy (non-hydrogen) atoms. The van der Waals surface area contributed by atoms with Gasteiger partial charge in [0.05, 0.1) is 16.7 Å². The van der Waals surface area contributed by atoms with Crippen molar-refractivity contribution in [2.45, 2.75) is 13.3 Å². The normalized spacial score (nSPS) is 17.6. The number of aliphatic imine (C=N–C) groups is 1. The Kier molecular flexibility index (Phi) is 3.57. The van der Waals surface area contributed by atoms with Gasteiger partial charge in [-0.1, -0.05) is 0 Å². The Morgan fingerprint density at radius 3 is 2.69 bits per heavy atom. The van der Waals surface area contributed by atoms with Gasteiger partial charge in [0.1, 0.15) is 5.82 Å². The van der Waals surface area contributed by atoms with E-state index in [2.05, 4.69) is 70.1 Å². The second-order valence-electron chi connectivity index (χ2n) is 7.44. The summed E-state index contributed by atoms with van der Waals surface area (Å²) in [6, 6.07) is 13.0. The molecule has 0 spiro atoms. The van der Waals surface area contributed by atoms with Gasteiger partial charge < -0.3 is 14.8 Å². The minimum atomic E-state index is 0.933. The zero-order valence-electron chi connectivity index (χ0n) is 15.3. The molecule has 0 radical (unpaired) electrons. The van der Waals surface area contributed by atoms with Crippen molar-refractivity contribution in [3.05, 3.63) is 42.0 Å². The van der Waals surface area contributed by atoms with Crippen molar-refractivity contribution in [2.24, 2.45) is 4.99 Å². The molecule has 0 atom stereocenters. The quantitative estimate of drug-likeness (QED) is 0.771. The number of H-pyrrole nitrogens is 1. The summed E-state index contributed by atoms with van der Waals surface area (Å²) in [5, 5.41) is 0. The van der Waals surface area contributed by atoms with E-state index in [0.717, 1.165) is 60.7 Å². The first kappa shape index (κ1) is 15.6. The Bertz CT molecular complexity index is 1010. The van der Waals surface area contributed by atoms with Crippen molar-refractivity contribution in [1.29, 1.82) is 0 Å². The van der Waals surface area contributed by atoms with Crippen LogP contribution in [0.2, 0.25) is 0 Å². The number of piperazine rings is 1. The third kappa shape index (κ3) is 2.69. The Balaban J connectivity index is 1.46. The average Bonchev–Trinajstić information content (AvgIpc) is 3.23. The molecule has 0 aliphatic carbocycles. The smallest absolute Gasteiger partial charge is 0.138 e. The van der Waals surface area contributed by atoms with Crippen LogP contribution in [-0.2, 0) is 6.42 Å². The van der Waals surface area contributed by atoms with Crippen molar-refractivity contribution in [3.8, 4) is 11.4 Å². The van der Waals surface area contributed by atoms with E-state index < -0.39 is 0 Å². The van der Waals surface area contributed by atoms with Crippen LogP contribution >= 0.6 is 0 Å². The molecule has 5 heteroatoms. The second kappa shape index (κ2) is 5.95. The summed E-state index contributed by atoms with van der Waals surface area (Å²) in [5.74, 6) is 0.933. The summed E-state index contributed by atoms with van der Waals surface area (Å²) in [7, 11) is 2.19. The first-order chi connectivity index (χ1) is 12.7. The Morgan fingerprint density at radius 2 is 1.85 bits per heavy atom. The number of fused-ring (bicyclic) bond motifs is 2. The molecule has 132 valence electrons. The molecule has 1 fully saturated rings. The minimum absolute atomic E-state index is 0.933. The predicted octanol–water partition coefficient (Wildman–Crippen LogP) is 3.63. The molecule has 0 unspecified atom stereocenters. The molecule has 5 nitrogen and oxygen atoms in total. The molecule has 2 aliphatic rings. The lowest BCUT2D eigenvalue weighted by Gasteiger charge is -2.34. The van der Waals surface area contributed by atoms with Crippen molar-refractivity contribution in [3.63, 3.8) is 0 Å². The number of nitrogens with zero attached hydrogens (tertiary/aromatic N) is 4. The number of hydrogen-bond donors (Lipinski definition) is 1. The molecule has 2 aromatic carbocycles. The van der Waals surface area contributed by atoms with Crippen molar-refractivity contribution in [1.82, 2.24) is 14.9 Å². The monoisotopic (exact) mass is 345 g/mol. The van der Waals surface area contributed by atoms with E-state index in [1.807, 2.05) is 0 Å². The van der Waals surface area contributed by atoms with Crippen molar-refractivity contribution >= 4 is 28.1 Å². The lowest BCUT2D eigenvalue weighted by molar-refractivity contribution is 0.313. The van der Waals surface area contributed by atoms with Gasteiger partial charge >= 0.3 is 0 Å². The van der Waals surface area contributed by atoms with Crippen LogP contribution in [0.15, 0.2) is 41.4 Å². The lowest BCUT2D eigenvalue weighted by Crippen LogP contribution is -2.44. The van der Waals surface area contributed by atoms with E-state index in [1.54, 1.807) is 0 Å². The molecule has 5 rings (SSSR count). The highest BCUT2D eigenvalue weighted by Crippen LogP contribution is 2.31. The van der Waals surface area contributed by atoms with E-state index in [0.29, 0.717) is 0 Å². The molecule has 1 saturated heterocycles. The second-order valence-corrected chi connectivity index (χ2v) is 7.44. The van der Waals surface area contributed by atoms with Gasteiger partial charge in [-0.3, -0.25) is 4.99 Å². The fraction of sp³-hybridized carbons (Fsp3) is 0.333. The van der Waals surface area contributed by atoms with Gasteiger partial charge in [0.2, 0.25) is 0 Å². The highest BCUT2D eigenvalue weighted by Gasteiger charge is 2.16. The van der Waals surface area contributed by atoms with Crippen LogP contribution in [-0.4, -0.2) is 53.8 Å². The largest absolute Gasteiger partial charge is 0.369 e. The van der Waals surface area contributed by atoms with Gasteiger partial charge in [0.25, 0.3) is 0 Å². The third-order valence-corrected chi connectivity index (χ3v) is 5.44. The maximum atomic E-state index is 4.81. The van der Waals surface area contributed by atoms with Crippen LogP contribution in [0.5, 0.6) is 0 Å². The van der Waals surface area contributed by atoms with Gasteiger partial charge in [-0.15, -0.1) is 0 Å². The number of aromatic amines is 1.